The third-order valence-corrected chi connectivity index (χ3v) is 5.36. The van der Waals surface area contributed by atoms with Crippen molar-refractivity contribution >= 4 is 17.1 Å². The third-order valence-electron chi connectivity index (χ3n) is 5.36. The molecule has 0 spiro atoms. The average Bonchev–Trinajstić information content (AvgIpc) is 3.22. The molecule has 3 aromatic carbocycles. The second-order valence-electron chi connectivity index (χ2n) is 7.51. The molecule has 35 heavy (non-hydrogen) atoms. The molecule has 1 N–H and O–H groups in total. The Balaban J connectivity index is 0.000000168. The maximum Gasteiger partial charge on any atom is 0.324 e. The van der Waals surface area contributed by atoms with E-state index in [4.69, 9.17) is 10.1 Å². The highest BCUT2D eigenvalue weighted by Crippen LogP contribution is 2.39. The number of benzene rings is 3. The summed E-state index contributed by atoms with van der Waals surface area (Å²) in [5, 5.41) is 40.2. The number of nitro benzene ring substituents is 3. The van der Waals surface area contributed by atoms with Crippen LogP contribution < -0.4 is 0 Å². The van der Waals surface area contributed by atoms with Gasteiger partial charge in [0.05, 0.1) is 38.3 Å². The number of non-ortho nitro benzene ring substituents is 1. The van der Waals surface area contributed by atoms with Gasteiger partial charge in [-0.15, -0.1) is 0 Å². The van der Waals surface area contributed by atoms with Crippen LogP contribution >= 0.6 is 0 Å². The lowest BCUT2D eigenvalue weighted by Crippen LogP contribution is -1.97. The minimum absolute atomic E-state index is 0.447. The first-order valence-corrected chi connectivity index (χ1v) is 10.2. The fraction of sp³-hybridized carbons (Fsp3) is 0.0417. The van der Waals surface area contributed by atoms with Crippen molar-refractivity contribution < 1.29 is 19.9 Å². The van der Waals surface area contributed by atoms with E-state index in [-0.39, 0.29) is 0 Å². The van der Waals surface area contributed by atoms with E-state index < -0.39 is 37.6 Å². The number of fused-ring (bicyclic) bond motifs is 3. The van der Waals surface area contributed by atoms with E-state index in [1.807, 2.05) is 6.07 Å². The van der Waals surface area contributed by atoms with Crippen LogP contribution in [0.25, 0.3) is 22.5 Å². The van der Waals surface area contributed by atoms with Gasteiger partial charge in [0.2, 0.25) is 0 Å². The first-order chi connectivity index (χ1) is 16.8. The highest BCUT2D eigenvalue weighted by atomic mass is 16.6. The van der Waals surface area contributed by atoms with Crippen LogP contribution in [-0.2, 0) is 6.42 Å². The van der Waals surface area contributed by atoms with Gasteiger partial charge < -0.3 is 5.11 Å². The Morgan fingerprint density at radius 2 is 1.31 bits per heavy atom. The number of phenolic OH excluding ortho intramolecular Hbond substituents is 1. The number of phenols is 1. The Hall–Kier alpha value is -5.19. The summed E-state index contributed by atoms with van der Waals surface area (Å²) in [5.74, 6) is -1.21. The zero-order valence-corrected chi connectivity index (χ0v) is 17.9. The molecule has 0 atom stereocenters. The molecule has 0 amide bonds. The Morgan fingerprint density at radius 1 is 0.714 bits per heavy atom. The number of aromatic nitrogens is 1. The molecule has 0 saturated carbocycles. The highest BCUT2D eigenvalue weighted by Gasteiger charge is 2.30. The molecule has 11 heteroatoms. The molecule has 0 aliphatic heterocycles. The molecule has 0 fully saturated rings. The number of aromatic hydroxyl groups is 1. The molecule has 1 aliphatic carbocycles. The molecule has 1 aromatic heterocycles. The van der Waals surface area contributed by atoms with Crippen LogP contribution in [0.1, 0.15) is 11.1 Å². The molecule has 0 bridgehead atoms. The van der Waals surface area contributed by atoms with Gasteiger partial charge in [0.1, 0.15) is 0 Å². The maximum atomic E-state index is 10.4. The molecule has 11 nitrogen and oxygen atoms in total. The molecule has 0 radical (unpaired) electrons. The first kappa shape index (κ1) is 23.0. The molecule has 1 heterocycles. The first-order valence-electron chi connectivity index (χ1n) is 10.2. The quantitative estimate of drug-likeness (QED) is 0.267. The lowest BCUT2D eigenvalue weighted by Gasteiger charge is -2.04. The van der Waals surface area contributed by atoms with E-state index in [9.17, 15) is 30.3 Å². The minimum atomic E-state index is -1.21. The minimum Gasteiger partial charge on any atom is -0.497 e. The second kappa shape index (κ2) is 9.35. The normalized spacial score (nSPS) is 11.0. The zero-order chi connectivity index (χ0) is 25.1. The van der Waals surface area contributed by atoms with Crippen LogP contribution in [0.15, 0.2) is 78.9 Å². The van der Waals surface area contributed by atoms with Gasteiger partial charge in [0.15, 0.2) is 0 Å². The molecular formula is C24H16N4O7. The summed E-state index contributed by atoms with van der Waals surface area (Å²) in [5.41, 5.74) is 4.38. The van der Waals surface area contributed by atoms with E-state index >= 15 is 0 Å². The van der Waals surface area contributed by atoms with Crippen molar-refractivity contribution in [1.29, 1.82) is 0 Å². The summed E-state index contributed by atoms with van der Waals surface area (Å²) in [6.07, 6.45) is 1.01. The van der Waals surface area contributed by atoms with Crippen LogP contribution in [0.2, 0.25) is 0 Å². The van der Waals surface area contributed by atoms with Gasteiger partial charge in [-0.1, -0.05) is 60.7 Å². The Bertz CT molecular complexity index is 1440. The molecule has 4 aromatic rings. The number of hydrogen-bond donors (Lipinski definition) is 1. The summed E-state index contributed by atoms with van der Waals surface area (Å²) in [7, 11) is 0. The van der Waals surface area contributed by atoms with Crippen molar-refractivity contribution in [3.8, 4) is 28.3 Å². The average molecular weight is 472 g/mol. The van der Waals surface area contributed by atoms with E-state index in [0.29, 0.717) is 12.1 Å². The Labute approximate surface area is 197 Å². The number of pyridine rings is 1. The van der Waals surface area contributed by atoms with Crippen molar-refractivity contribution in [3.05, 3.63) is 120 Å². The van der Waals surface area contributed by atoms with Gasteiger partial charge in [0.25, 0.3) is 11.4 Å². The van der Waals surface area contributed by atoms with Crippen molar-refractivity contribution in [2.24, 2.45) is 0 Å². The lowest BCUT2D eigenvalue weighted by molar-refractivity contribution is -0.404. The fourth-order valence-corrected chi connectivity index (χ4v) is 3.72. The smallest absolute Gasteiger partial charge is 0.324 e. The molecular weight excluding hydrogens is 456 g/mol. The second-order valence-corrected chi connectivity index (χ2v) is 7.51. The van der Waals surface area contributed by atoms with Gasteiger partial charge in [0, 0.05) is 17.5 Å². The Kier molecular flexibility index (Phi) is 6.14. The van der Waals surface area contributed by atoms with Crippen molar-refractivity contribution in [2.45, 2.75) is 6.42 Å². The molecule has 5 rings (SSSR count). The Morgan fingerprint density at radius 3 is 1.91 bits per heavy atom. The standard InChI is InChI=1S/C18H13N.C6H3N3O7/c1-2-6-13(7-3-1)17-11-10-15-12-14-8-4-5-9-16(14)18(15)19-17;10-6-4(8(13)14)1-3(7(11)12)2-5(6)9(15)16/h1-11H,12H2;1-2,10H. The maximum absolute atomic E-state index is 10.4. The van der Waals surface area contributed by atoms with Gasteiger partial charge in [-0.3, -0.25) is 30.3 Å². The predicted molar refractivity (Wildman–Crippen MR) is 126 cm³/mol. The molecule has 174 valence electrons. The van der Waals surface area contributed by atoms with E-state index in [0.717, 1.165) is 17.8 Å². The summed E-state index contributed by atoms with van der Waals surface area (Å²) in [6.45, 7) is 0. The van der Waals surface area contributed by atoms with Gasteiger partial charge >= 0.3 is 11.4 Å². The summed E-state index contributed by atoms with van der Waals surface area (Å²) in [4.78, 5) is 32.6. The van der Waals surface area contributed by atoms with E-state index in [1.54, 1.807) is 0 Å². The number of nitro groups is 3. The van der Waals surface area contributed by atoms with Crippen LogP contribution in [-0.4, -0.2) is 24.9 Å². The topological polar surface area (TPSA) is 163 Å². The summed E-state index contributed by atoms with van der Waals surface area (Å²) >= 11 is 0. The van der Waals surface area contributed by atoms with Crippen molar-refractivity contribution in [2.75, 3.05) is 0 Å². The number of nitrogens with zero attached hydrogens (tertiary/aromatic N) is 4. The third kappa shape index (κ3) is 4.64. The van der Waals surface area contributed by atoms with Gasteiger partial charge in [-0.05, 0) is 17.2 Å². The SMILES string of the molecule is O=[N+]([O-])c1cc([N+](=O)[O-])c(O)c([N+](=O)[O-])c1.c1ccc(-c2ccc3c(n2)-c2ccccc2C3)cc1. The highest BCUT2D eigenvalue weighted by molar-refractivity contribution is 5.76. The van der Waals surface area contributed by atoms with Crippen LogP contribution in [0, 0.1) is 30.3 Å². The fourth-order valence-electron chi connectivity index (χ4n) is 3.72. The summed E-state index contributed by atoms with van der Waals surface area (Å²) in [6, 6.07) is 24.1. The van der Waals surface area contributed by atoms with E-state index in [2.05, 4.69) is 60.7 Å². The van der Waals surface area contributed by atoms with Crippen LogP contribution in [0.3, 0.4) is 0 Å². The van der Waals surface area contributed by atoms with Gasteiger partial charge in [-0.2, -0.15) is 0 Å². The van der Waals surface area contributed by atoms with Crippen LogP contribution in [0.5, 0.6) is 5.75 Å². The van der Waals surface area contributed by atoms with Crippen molar-refractivity contribution in [3.63, 3.8) is 0 Å². The van der Waals surface area contributed by atoms with Crippen molar-refractivity contribution in [1.82, 2.24) is 4.98 Å². The predicted octanol–water partition coefficient (Wildman–Crippen LogP) is 5.44. The monoisotopic (exact) mass is 472 g/mol. The number of rotatable bonds is 4. The lowest BCUT2D eigenvalue weighted by atomic mass is 10.1. The number of hydrogen-bond acceptors (Lipinski definition) is 8. The summed E-state index contributed by atoms with van der Waals surface area (Å²) < 4.78 is 0. The largest absolute Gasteiger partial charge is 0.497 e. The molecule has 0 unspecified atom stereocenters. The zero-order valence-electron chi connectivity index (χ0n) is 17.9. The van der Waals surface area contributed by atoms with E-state index in [1.165, 1.54) is 22.3 Å². The van der Waals surface area contributed by atoms with Gasteiger partial charge in [-0.25, -0.2) is 4.98 Å². The molecule has 1 aliphatic rings. The molecule has 0 saturated heterocycles. The van der Waals surface area contributed by atoms with Crippen LogP contribution in [0.4, 0.5) is 17.1 Å².